The average Bonchev–Trinajstić information content (AvgIpc) is 3.21. The fraction of sp³-hybridized carbons (Fsp3) is 0.688. The highest BCUT2D eigenvalue weighted by atomic mass is 15.3. The first kappa shape index (κ1) is 11.7. The van der Waals surface area contributed by atoms with Crippen molar-refractivity contribution in [3.63, 3.8) is 0 Å². The van der Waals surface area contributed by atoms with Gasteiger partial charge in [-0.2, -0.15) is 0 Å². The van der Waals surface area contributed by atoms with Crippen molar-refractivity contribution in [3.8, 4) is 0 Å². The largest absolute Gasteiger partial charge is 0.353 e. The number of nitrogens with one attached hydrogen (secondary N) is 1. The SMILES string of the molecule is CC(C)c1cnc(N2CC3CC(C2)N3)cc1C1CC1. The van der Waals surface area contributed by atoms with Crippen LogP contribution in [0.5, 0.6) is 0 Å². The molecule has 19 heavy (non-hydrogen) atoms. The van der Waals surface area contributed by atoms with Gasteiger partial charge in [0.2, 0.25) is 0 Å². The first-order valence-electron chi connectivity index (χ1n) is 7.71. The summed E-state index contributed by atoms with van der Waals surface area (Å²) in [4.78, 5) is 7.23. The minimum absolute atomic E-state index is 0.591. The van der Waals surface area contributed by atoms with Gasteiger partial charge >= 0.3 is 0 Å². The molecule has 0 radical (unpaired) electrons. The van der Waals surface area contributed by atoms with E-state index in [0.29, 0.717) is 18.0 Å². The van der Waals surface area contributed by atoms with Crippen molar-refractivity contribution in [2.75, 3.05) is 18.0 Å². The van der Waals surface area contributed by atoms with E-state index in [2.05, 4.69) is 36.3 Å². The van der Waals surface area contributed by atoms with E-state index in [-0.39, 0.29) is 0 Å². The Morgan fingerprint density at radius 2 is 1.95 bits per heavy atom. The van der Waals surface area contributed by atoms with Gasteiger partial charge in [0.05, 0.1) is 0 Å². The minimum atomic E-state index is 0.591. The van der Waals surface area contributed by atoms with Crippen LogP contribution in [0.4, 0.5) is 5.82 Å². The standard InChI is InChI=1S/C16H23N3/c1-10(2)15-7-17-16(6-14(15)11-3-4-11)19-8-12-5-13(9-19)18-12/h6-7,10-13,18H,3-5,8-9H2,1-2H3. The third-order valence-electron chi connectivity index (χ3n) is 4.84. The normalized spacial score (nSPS) is 29.5. The van der Waals surface area contributed by atoms with Crippen molar-refractivity contribution in [1.82, 2.24) is 10.3 Å². The van der Waals surface area contributed by atoms with Crippen molar-refractivity contribution in [2.45, 2.75) is 57.0 Å². The number of hydrogen-bond donors (Lipinski definition) is 1. The second kappa shape index (κ2) is 4.20. The molecule has 3 aliphatic heterocycles. The second-order valence-corrected chi connectivity index (χ2v) is 6.80. The van der Waals surface area contributed by atoms with Crippen LogP contribution in [0.3, 0.4) is 0 Å². The number of hydrogen-bond acceptors (Lipinski definition) is 3. The van der Waals surface area contributed by atoms with Gasteiger partial charge < -0.3 is 10.2 Å². The summed E-state index contributed by atoms with van der Waals surface area (Å²) in [6, 6.07) is 3.79. The molecule has 2 unspecified atom stereocenters. The molecule has 102 valence electrons. The Balaban J connectivity index is 1.63. The molecule has 0 aromatic carbocycles. The number of anilines is 1. The lowest BCUT2D eigenvalue weighted by Gasteiger charge is -2.48. The quantitative estimate of drug-likeness (QED) is 0.902. The summed E-state index contributed by atoms with van der Waals surface area (Å²) < 4.78 is 0. The second-order valence-electron chi connectivity index (χ2n) is 6.80. The van der Waals surface area contributed by atoms with E-state index >= 15 is 0 Å². The molecule has 2 atom stereocenters. The molecular formula is C16H23N3. The Morgan fingerprint density at radius 1 is 1.26 bits per heavy atom. The Bertz CT molecular complexity index is 477. The van der Waals surface area contributed by atoms with Gasteiger partial charge in [-0.3, -0.25) is 0 Å². The maximum Gasteiger partial charge on any atom is 0.128 e. The number of nitrogens with zero attached hydrogens (tertiary/aromatic N) is 2. The van der Waals surface area contributed by atoms with Gasteiger partial charge in [0.25, 0.3) is 0 Å². The van der Waals surface area contributed by atoms with Crippen molar-refractivity contribution in [1.29, 1.82) is 0 Å². The highest BCUT2D eigenvalue weighted by Gasteiger charge is 2.37. The van der Waals surface area contributed by atoms with Crippen LogP contribution in [0.2, 0.25) is 0 Å². The third kappa shape index (κ3) is 2.04. The highest BCUT2D eigenvalue weighted by molar-refractivity contribution is 5.48. The van der Waals surface area contributed by atoms with E-state index in [9.17, 15) is 0 Å². The lowest BCUT2D eigenvalue weighted by Crippen LogP contribution is -2.67. The molecule has 0 amide bonds. The van der Waals surface area contributed by atoms with E-state index in [1.807, 2.05) is 0 Å². The van der Waals surface area contributed by atoms with Crippen LogP contribution in [0, 0.1) is 0 Å². The number of aromatic nitrogens is 1. The van der Waals surface area contributed by atoms with Crippen molar-refractivity contribution < 1.29 is 0 Å². The number of fused-ring (bicyclic) bond motifs is 2. The molecule has 2 bridgehead atoms. The predicted octanol–water partition coefficient (Wildman–Crippen LogP) is 2.63. The van der Waals surface area contributed by atoms with Crippen molar-refractivity contribution in [2.24, 2.45) is 0 Å². The zero-order chi connectivity index (χ0) is 13.0. The van der Waals surface area contributed by atoms with Crippen molar-refractivity contribution in [3.05, 3.63) is 23.4 Å². The Morgan fingerprint density at radius 3 is 2.53 bits per heavy atom. The van der Waals surface area contributed by atoms with Crippen LogP contribution in [0.1, 0.15) is 56.1 Å². The zero-order valence-corrected chi connectivity index (χ0v) is 11.9. The molecule has 1 aliphatic carbocycles. The first-order chi connectivity index (χ1) is 9.20. The van der Waals surface area contributed by atoms with E-state index in [1.54, 1.807) is 5.56 Å². The summed E-state index contributed by atoms with van der Waals surface area (Å²) in [5.74, 6) is 2.62. The Kier molecular flexibility index (Phi) is 2.59. The van der Waals surface area contributed by atoms with Crippen LogP contribution in [-0.4, -0.2) is 30.2 Å². The van der Waals surface area contributed by atoms with Gasteiger partial charge in [-0.1, -0.05) is 13.8 Å². The number of rotatable bonds is 3. The van der Waals surface area contributed by atoms with E-state index < -0.39 is 0 Å². The topological polar surface area (TPSA) is 28.2 Å². The molecule has 3 nitrogen and oxygen atoms in total. The highest BCUT2D eigenvalue weighted by Crippen LogP contribution is 2.44. The maximum absolute atomic E-state index is 4.75. The summed E-state index contributed by atoms with van der Waals surface area (Å²) in [5.41, 5.74) is 3.04. The molecule has 1 N–H and O–H groups in total. The summed E-state index contributed by atoms with van der Waals surface area (Å²) >= 11 is 0. The molecule has 3 saturated heterocycles. The maximum atomic E-state index is 4.75. The van der Waals surface area contributed by atoms with Crippen LogP contribution < -0.4 is 10.2 Å². The monoisotopic (exact) mass is 257 g/mol. The number of piperidine rings is 1. The predicted molar refractivity (Wildman–Crippen MR) is 77.8 cm³/mol. The van der Waals surface area contributed by atoms with Gasteiger partial charge in [0.1, 0.15) is 5.82 Å². The third-order valence-corrected chi connectivity index (χ3v) is 4.84. The van der Waals surface area contributed by atoms with Crippen LogP contribution in [-0.2, 0) is 0 Å². The molecule has 1 saturated carbocycles. The summed E-state index contributed by atoms with van der Waals surface area (Å²) in [6.07, 6.45) is 6.24. The van der Waals surface area contributed by atoms with E-state index in [4.69, 9.17) is 4.98 Å². The fourth-order valence-corrected chi connectivity index (χ4v) is 3.57. The van der Waals surface area contributed by atoms with E-state index in [1.165, 1.54) is 30.6 Å². The summed E-state index contributed by atoms with van der Waals surface area (Å²) in [5, 5.41) is 3.59. The summed E-state index contributed by atoms with van der Waals surface area (Å²) in [7, 11) is 0. The average molecular weight is 257 g/mol. The number of piperazine rings is 1. The lowest BCUT2D eigenvalue weighted by atomic mass is 9.91. The molecule has 5 rings (SSSR count). The smallest absolute Gasteiger partial charge is 0.128 e. The van der Waals surface area contributed by atoms with Gasteiger partial charge in [0, 0.05) is 31.4 Å². The van der Waals surface area contributed by atoms with Gasteiger partial charge in [-0.25, -0.2) is 4.98 Å². The van der Waals surface area contributed by atoms with Crippen LogP contribution in [0.25, 0.3) is 0 Å². The lowest BCUT2D eigenvalue weighted by molar-refractivity contribution is 0.225. The zero-order valence-electron chi connectivity index (χ0n) is 11.9. The van der Waals surface area contributed by atoms with Crippen LogP contribution >= 0.6 is 0 Å². The van der Waals surface area contributed by atoms with Gasteiger partial charge in [0.15, 0.2) is 0 Å². The van der Waals surface area contributed by atoms with Gasteiger partial charge in [-0.15, -0.1) is 0 Å². The fourth-order valence-electron chi connectivity index (χ4n) is 3.57. The minimum Gasteiger partial charge on any atom is -0.353 e. The van der Waals surface area contributed by atoms with Crippen molar-refractivity contribution >= 4 is 5.82 Å². The molecular weight excluding hydrogens is 234 g/mol. The van der Waals surface area contributed by atoms with E-state index in [0.717, 1.165) is 19.0 Å². The Hall–Kier alpha value is -1.09. The molecule has 4 aliphatic rings. The number of pyridine rings is 1. The summed E-state index contributed by atoms with van der Waals surface area (Å²) in [6.45, 7) is 6.83. The molecule has 1 aromatic heterocycles. The molecule has 3 heteroatoms. The molecule has 1 aromatic rings. The molecule has 4 heterocycles. The molecule has 4 fully saturated rings. The van der Waals surface area contributed by atoms with Crippen LogP contribution in [0.15, 0.2) is 12.3 Å². The Labute approximate surface area is 115 Å². The molecule has 0 spiro atoms. The van der Waals surface area contributed by atoms with Gasteiger partial charge in [-0.05, 0) is 48.3 Å². The first-order valence-corrected chi connectivity index (χ1v) is 7.71.